The number of pyridine rings is 1. The van der Waals surface area contributed by atoms with Gasteiger partial charge >= 0.3 is 0 Å². The minimum atomic E-state index is -0.0340. The Hall–Kier alpha value is -1.43. The summed E-state index contributed by atoms with van der Waals surface area (Å²) in [6.45, 7) is 1.36. The molecular weight excluding hydrogens is 306 g/mol. The van der Waals surface area contributed by atoms with Crippen molar-refractivity contribution >= 4 is 34.7 Å². The Morgan fingerprint density at radius 2 is 2.38 bits per heavy atom. The lowest BCUT2D eigenvalue weighted by atomic mass is 10.2. The number of nitrogens with one attached hydrogen (secondary N) is 1. The Morgan fingerprint density at radius 1 is 1.48 bits per heavy atom. The summed E-state index contributed by atoms with van der Waals surface area (Å²) < 4.78 is 0. The number of nitrogens with zero attached hydrogens (tertiary/aromatic N) is 2. The van der Waals surface area contributed by atoms with E-state index in [2.05, 4.69) is 32.7 Å². The molecule has 6 heteroatoms. The van der Waals surface area contributed by atoms with Gasteiger partial charge in [-0.1, -0.05) is 17.7 Å². The Kier molecular flexibility index (Phi) is 4.53. The van der Waals surface area contributed by atoms with Crippen molar-refractivity contribution < 1.29 is 4.79 Å². The molecule has 0 aromatic carbocycles. The molecule has 2 aromatic heterocycles. The third-order valence-electron chi connectivity index (χ3n) is 3.58. The van der Waals surface area contributed by atoms with Gasteiger partial charge in [-0.15, -0.1) is 11.3 Å². The van der Waals surface area contributed by atoms with Crippen LogP contribution in [0.15, 0.2) is 35.8 Å². The van der Waals surface area contributed by atoms with Crippen LogP contribution in [0.3, 0.4) is 0 Å². The summed E-state index contributed by atoms with van der Waals surface area (Å²) in [4.78, 5) is 19.8. The molecular formula is C15H16ClN3OS. The van der Waals surface area contributed by atoms with Crippen molar-refractivity contribution in [2.45, 2.75) is 18.9 Å². The second-order valence-electron chi connectivity index (χ2n) is 5.05. The molecule has 0 bridgehead atoms. The smallest absolute Gasteiger partial charge is 0.239 e. The fourth-order valence-corrected chi connectivity index (χ4v) is 3.64. The van der Waals surface area contributed by atoms with E-state index in [0.29, 0.717) is 23.4 Å². The number of halogens is 1. The molecule has 0 unspecified atom stereocenters. The van der Waals surface area contributed by atoms with Gasteiger partial charge in [0.25, 0.3) is 0 Å². The monoisotopic (exact) mass is 321 g/mol. The minimum absolute atomic E-state index is 0.0340. The van der Waals surface area contributed by atoms with E-state index in [1.165, 1.54) is 11.1 Å². The fourth-order valence-electron chi connectivity index (χ4n) is 2.64. The molecule has 1 aliphatic heterocycles. The summed E-state index contributed by atoms with van der Waals surface area (Å²) in [7, 11) is 0. The van der Waals surface area contributed by atoms with E-state index >= 15 is 0 Å². The van der Waals surface area contributed by atoms with Crippen molar-refractivity contribution in [3.63, 3.8) is 0 Å². The molecule has 110 valence electrons. The Labute approximate surface area is 132 Å². The van der Waals surface area contributed by atoms with E-state index < -0.39 is 0 Å². The summed E-state index contributed by atoms with van der Waals surface area (Å²) in [5.74, 6) is 0.504. The zero-order chi connectivity index (χ0) is 14.7. The molecule has 0 radical (unpaired) electrons. The lowest BCUT2D eigenvalue weighted by Gasteiger charge is -2.22. The van der Waals surface area contributed by atoms with Crippen LogP contribution in [-0.4, -0.2) is 28.9 Å². The minimum Gasteiger partial charge on any atom is -0.310 e. The first-order valence-electron chi connectivity index (χ1n) is 6.91. The maximum Gasteiger partial charge on any atom is 0.239 e. The van der Waals surface area contributed by atoms with Crippen molar-refractivity contribution in [2.24, 2.45) is 0 Å². The normalized spacial score (nSPS) is 18.8. The van der Waals surface area contributed by atoms with E-state index in [1.807, 2.05) is 0 Å². The van der Waals surface area contributed by atoms with Crippen LogP contribution in [0.2, 0.25) is 5.02 Å². The van der Waals surface area contributed by atoms with Gasteiger partial charge in [0.05, 0.1) is 11.6 Å². The van der Waals surface area contributed by atoms with Crippen LogP contribution in [-0.2, 0) is 4.79 Å². The zero-order valence-electron chi connectivity index (χ0n) is 11.5. The van der Waals surface area contributed by atoms with E-state index in [1.54, 1.807) is 23.5 Å². The van der Waals surface area contributed by atoms with Crippen molar-refractivity contribution in [1.29, 1.82) is 0 Å². The van der Waals surface area contributed by atoms with Crippen LogP contribution in [0.1, 0.15) is 23.8 Å². The second-order valence-corrected chi connectivity index (χ2v) is 6.47. The number of aromatic nitrogens is 1. The summed E-state index contributed by atoms with van der Waals surface area (Å²) in [6, 6.07) is 8.00. The lowest BCUT2D eigenvalue weighted by molar-refractivity contribution is -0.117. The van der Waals surface area contributed by atoms with Gasteiger partial charge in [0.2, 0.25) is 5.91 Å². The first kappa shape index (κ1) is 14.5. The molecule has 2 aromatic rings. The van der Waals surface area contributed by atoms with Crippen LogP contribution in [0.5, 0.6) is 0 Å². The van der Waals surface area contributed by atoms with Gasteiger partial charge in [-0.25, -0.2) is 4.98 Å². The van der Waals surface area contributed by atoms with Crippen molar-refractivity contribution in [3.05, 3.63) is 45.7 Å². The Balaban J connectivity index is 1.60. The number of hydrogen-bond acceptors (Lipinski definition) is 4. The highest BCUT2D eigenvalue weighted by Crippen LogP contribution is 2.34. The molecule has 1 atom stereocenters. The summed E-state index contributed by atoms with van der Waals surface area (Å²) >= 11 is 7.54. The van der Waals surface area contributed by atoms with E-state index in [9.17, 15) is 4.79 Å². The maximum absolute atomic E-state index is 12.1. The molecule has 21 heavy (non-hydrogen) atoms. The zero-order valence-corrected chi connectivity index (χ0v) is 13.0. The van der Waals surface area contributed by atoms with Gasteiger partial charge in [-0.2, -0.15) is 0 Å². The molecule has 1 saturated heterocycles. The number of rotatable bonds is 4. The number of carbonyl (C=O) groups is 1. The number of likely N-dealkylation sites (tertiary alicyclic amines) is 1. The van der Waals surface area contributed by atoms with Gasteiger partial charge in [-0.3, -0.25) is 9.69 Å². The summed E-state index contributed by atoms with van der Waals surface area (Å²) in [5.41, 5.74) is 0. The van der Waals surface area contributed by atoms with Crippen LogP contribution < -0.4 is 5.32 Å². The maximum atomic E-state index is 12.1. The first-order valence-corrected chi connectivity index (χ1v) is 8.17. The highest BCUT2D eigenvalue weighted by molar-refractivity contribution is 7.10. The van der Waals surface area contributed by atoms with Crippen LogP contribution in [0.4, 0.5) is 5.82 Å². The average molecular weight is 322 g/mol. The van der Waals surface area contributed by atoms with Crippen molar-refractivity contribution in [2.75, 3.05) is 18.4 Å². The summed E-state index contributed by atoms with van der Waals surface area (Å²) in [6.07, 6.45) is 3.78. The van der Waals surface area contributed by atoms with Gasteiger partial charge in [-0.05, 0) is 43.0 Å². The molecule has 1 amide bonds. The van der Waals surface area contributed by atoms with Crippen molar-refractivity contribution in [1.82, 2.24) is 9.88 Å². The van der Waals surface area contributed by atoms with Crippen LogP contribution in [0.25, 0.3) is 0 Å². The van der Waals surface area contributed by atoms with Gasteiger partial charge in [0.1, 0.15) is 5.82 Å². The molecule has 0 saturated carbocycles. The van der Waals surface area contributed by atoms with E-state index in [4.69, 9.17) is 11.6 Å². The molecule has 1 aliphatic rings. The molecule has 4 nitrogen and oxygen atoms in total. The number of thiophene rings is 1. The Bertz CT molecular complexity index is 600. The highest BCUT2D eigenvalue weighted by atomic mass is 35.5. The van der Waals surface area contributed by atoms with Gasteiger partial charge < -0.3 is 5.32 Å². The predicted octanol–water partition coefficient (Wildman–Crippen LogP) is 3.57. The quantitative estimate of drug-likeness (QED) is 0.936. The molecule has 1 N–H and O–H groups in total. The van der Waals surface area contributed by atoms with E-state index in [0.717, 1.165) is 19.4 Å². The molecule has 3 heterocycles. The topological polar surface area (TPSA) is 45.2 Å². The first-order chi connectivity index (χ1) is 10.2. The number of anilines is 1. The van der Waals surface area contributed by atoms with Crippen LogP contribution in [0, 0.1) is 0 Å². The third kappa shape index (κ3) is 3.61. The molecule has 0 aliphatic carbocycles. The van der Waals surface area contributed by atoms with Crippen molar-refractivity contribution in [3.8, 4) is 0 Å². The second kappa shape index (κ2) is 6.56. The number of carbonyl (C=O) groups excluding carboxylic acids is 1. The van der Waals surface area contributed by atoms with E-state index in [-0.39, 0.29) is 5.91 Å². The number of hydrogen-bond donors (Lipinski definition) is 1. The van der Waals surface area contributed by atoms with Gasteiger partial charge in [0.15, 0.2) is 0 Å². The fraction of sp³-hybridized carbons (Fsp3) is 0.333. The average Bonchev–Trinajstić information content (AvgIpc) is 3.11. The standard InChI is InChI=1S/C15H16ClN3OS/c16-11-5-6-14(17-9-11)18-15(20)10-19-7-1-3-12(19)13-4-2-8-21-13/h2,4-6,8-9,12H,1,3,7,10H2,(H,17,18,20)/t12-/m1/s1. The molecule has 0 spiro atoms. The Morgan fingerprint density at radius 3 is 3.10 bits per heavy atom. The summed E-state index contributed by atoms with van der Waals surface area (Å²) in [5, 5.41) is 5.46. The number of amides is 1. The highest BCUT2D eigenvalue weighted by Gasteiger charge is 2.28. The molecule has 3 rings (SSSR count). The van der Waals surface area contributed by atoms with Crippen LogP contribution >= 0.6 is 22.9 Å². The lowest BCUT2D eigenvalue weighted by Crippen LogP contribution is -2.32. The SMILES string of the molecule is O=C(CN1CCC[C@@H]1c1cccs1)Nc1ccc(Cl)cn1. The largest absolute Gasteiger partial charge is 0.310 e. The van der Waals surface area contributed by atoms with Gasteiger partial charge in [0, 0.05) is 17.1 Å². The molecule has 1 fully saturated rings. The predicted molar refractivity (Wildman–Crippen MR) is 85.7 cm³/mol. The third-order valence-corrected chi connectivity index (χ3v) is 4.77.